The van der Waals surface area contributed by atoms with E-state index in [1.54, 1.807) is 6.92 Å². The molecule has 0 spiro atoms. The Morgan fingerprint density at radius 2 is 1.54 bits per heavy atom. The monoisotopic (exact) mass is 372 g/mol. The highest BCUT2D eigenvalue weighted by atomic mass is 16.4. The Labute approximate surface area is 156 Å². The SMILES string of the molecule is CCC(C)C(N)C(=O)NC(CCCCN)C(=O)NC(C(=O)O)C(C)CC. The molecule has 26 heavy (non-hydrogen) atoms. The van der Waals surface area contributed by atoms with Crippen molar-refractivity contribution in [1.82, 2.24) is 10.6 Å². The number of rotatable bonds is 13. The number of carboxylic acid groups (broad SMARTS) is 1. The lowest BCUT2D eigenvalue weighted by atomic mass is 9.97. The Balaban J connectivity index is 5.12. The predicted molar refractivity (Wildman–Crippen MR) is 101 cm³/mol. The maximum Gasteiger partial charge on any atom is 0.326 e. The zero-order valence-electron chi connectivity index (χ0n) is 16.5. The van der Waals surface area contributed by atoms with E-state index in [0.717, 1.165) is 6.42 Å². The quantitative estimate of drug-likeness (QED) is 0.299. The van der Waals surface area contributed by atoms with Crippen molar-refractivity contribution in [2.75, 3.05) is 6.54 Å². The zero-order valence-corrected chi connectivity index (χ0v) is 16.5. The van der Waals surface area contributed by atoms with Crippen molar-refractivity contribution in [1.29, 1.82) is 0 Å². The molecule has 0 aromatic carbocycles. The average molecular weight is 373 g/mol. The second-order valence-corrected chi connectivity index (χ2v) is 6.97. The van der Waals surface area contributed by atoms with E-state index in [0.29, 0.717) is 32.2 Å². The Morgan fingerprint density at radius 3 is 2.00 bits per heavy atom. The fourth-order valence-corrected chi connectivity index (χ4v) is 2.48. The fraction of sp³-hybridized carbons (Fsp3) is 0.833. The first kappa shape index (κ1) is 24.3. The molecular formula is C18H36N4O4. The number of aliphatic carboxylic acids is 1. The molecule has 0 aromatic rings. The van der Waals surface area contributed by atoms with Crippen molar-refractivity contribution in [3.63, 3.8) is 0 Å². The topological polar surface area (TPSA) is 148 Å². The molecule has 2 amide bonds. The molecule has 7 N–H and O–H groups in total. The average Bonchev–Trinajstić information content (AvgIpc) is 2.62. The standard InChI is InChI=1S/C18H36N4O4/c1-5-11(3)14(20)17(24)21-13(9-7-8-10-19)16(23)22-15(18(25)26)12(4)6-2/h11-15H,5-10,19-20H2,1-4H3,(H,21,24)(H,22,23)(H,25,26). The second kappa shape index (κ2) is 12.6. The van der Waals surface area contributed by atoms with Gasteiger partial charge >= 0.3 is 5.97 Å². The van der Waals surface area contributed by atoms with Crippen LogP contribution in [0.3, 0.4) is 0 Å². The van der Waals surface area contributed by atoms with Crippen molar-refractivity contribution in [2.45, 2.75) is 77.9 Å². The summed E-state index contributed by atoms with van der Waals surface area (Å²) < 4.78 is 0. The number of nitrogens with one attached hydrogen (secondary N) is 2. The first-order valence-electron chi connectivity index (χ1n) is 9.48. The van der Waals surface area contributed by atoms with Gasteiger partial charge in [0.15, 0.2) is 0 Å². The van der Waals surface area contributed by atoms with Gasteiger partial charge in [0.05, 0.1) is 6.04 Å². The second-order valence-electron chi connectivity index (χ2n) is 6.97. The van der Waals surface area contributed by atoms with Gasteiger partial charge in [-0.05, 0) is 37.6 Å². The molecule has 0 aliphatic heterocycles. The molecule has 8 heteroatoms. The summed E-state index contributed by atoms with van der Waals surface area (Å²) in [4.78, 5) is 36.4. The fourth-order valence-electron chi connectivity index (χ4n) is 2.48. The lowest BCUT2D eigenvalue weighted by Gasteiger charge is -2.26. The molecule has 152 valence electrons. The Bertz CT molecular complexity index is 458. The normalized spacial score (nSPS) is 16.8. The first-order chi connectivity index (χ1) is 12.2. The van der Waals surface area contributed by atoms with Gasteiger partial charge in [0.2, 0.25) is 11.8 Å². The van der Waals surface area contributed by atoms with Crippen molar-refractivity contribution < 1.29 is 19.5 Å². The van der Waals surface area contributed by atoms with E-state index in [1.807, 2.05) is 20.8 Å². The molecule has 5 unspecified atom stereocenters. The van der Waals surface area contributed by atoms with Crippen LogP contribution in [0.1, 0.15) is 59.8 Å². The predicted octanol–water partition coefficient (Wildman–Crippen LogP) is 0.589. The molecule has 0 rings (SSSR count). The number of hydrogen-bond donors (Lipinski definition) is 5. The summed E-state index contributed by atoms with van der Waals surface area (Å²) in [5.41, 5.74) is 11.4. The molecule has 8 nitrogen and oxygen atoms in total. The number of nitrogens with two attached hydrogens (primary N) is 2. The smallest absolute Gasteiger partial charge is 0.326 e. The molecule has 0 saturated heterocycles. The number of hydrogen-bond acceptors (Lipinski definition) is 5. The van der Waals surface area contributed by atoms with Crippen LogP contribution >= 0.6 is 0 Å². The highest BCUT2D eigenvalue weighted by Crippen LogP contribution is 2.11. The lowest BCUT2D eigenvalue weighted by Crippen LogP contribution is -2.56. The Hall–Kier alpha value is -1.67. The molecule has 0 radical (unpaired) electrons. The minimum Gasteiger partial charge on any atom is -0.480 e. The van der Waals surface area contributed by atoms with Crippen LogP contribution in [0.2, 0.25) is 0 Å². The number of unbranched alkanes of at least 4 members (excludes halogenated alkanes) is 1. The molecule has 0 aromatic heterocycles. The molecular weight excluding hydrogens is 336 g/mol. The van der Waals surface area contributed by atoms with Crippen molar-refractivity contribution >= 4 is 17.8 Å². The summed E-state index contributed by atoms with van der Waals surface area (Å²) in [6.07, 6.45) is 3.10. The van der Waals surface area contributed by atoms with Crippen LogP contribution in [0.4, 0.5) is 0 Å². The van der Waals surface area contributed by atoms with Gasteiger partial charge in [0.25, 0.3) is 0 Å². The van der Waals surface area contributed by atoms with Gasteiger partial charge in [0, 0.05) is 0 Å². The van der Waals surface area contributed by atoms with E-state index < -0.39 is 35.9 Å². The van der Waals surface area contributed by atoms with Crippen LogP contribution < -0.4 is 22.1 Å². The van der Waals surface area contributed by atoms with Crippen LogP contribution in [0.15, 0.2) is 0 Å². The van der Waals surface area contributed by atoms with Crippen LogP contribution in [0, 0.1) is 11.8 Å². The van der Waals surface area contributed by atoms with Gasteiger partial charge in [-0.2, -0.15) is 0 Å². The number of carboxylic acids is 1. The Morgan fingerprint density at radius 1 is 0.962 bits per heavy atom. The van der Waals surface area contributed by atoms with E-state index in [-0.39, 0.29) is 11.8 Å². The van der Waals surface area contributed by atoms with E-state index in [2.05, 4.69) is 10.6 Å². The third-order valence-corrected chi connectivity index (χ3v) is 4.92. The third-order valence-electron chi connectivity index (χ3n) is 4.92. The summed E-state index contributed by atoms with van der Waals surface area (Å²) in [5, 5.41) is 14.6. The van der Waals surface area contributed by atoms with Gasteiger partial charge < -0.3 is 27.2 Å². The van der Waals surface area contributed by atoms with Crippen LogP contribution in [0.25, 0.3) is 0 Å². The number of carbonyl (C=O) groups excluding carboxylic acids is 2. The van der Waals surface area contributed by atoms with Gasteiger partial charge in [-0.25, -0.2) is 4.79 Å². The zero-order chi connectivity index (χ0) is 20.3. The summed E-state index contributed by atoms with van der Waals surface area (Å²) in [6.45, 7) is 7.92. The van der Waals surface area contributed by atoms with Crippen LogP contribution in [-0.2, 0) is 14.4 Å². The van der Waals surface area contributed by atoms with Gasteiger partial charge in [-0.3, -0.25) is 9.59 Å². The molecule has 0 saturated carbocycles. The third kappa shape index (κ3) is 8.14. The van der Waals surface area contributed by atoms with Gasteiger partial charge in [-0.15, -0.1) is 0 Å². The van der Waals surface area contributed by atoms with Gasteiger partial charge in [0.1, 0.15) is 12.1 Å². The van der Waals surface area contributed by atoms with Crippen molar-refractivity contribution in [3.8, 4) is 0 Å². The van der Waals surface area contributed by atoms with Crippen LogP contribution in [0.5, 0.6) is 0 Å². The molecule has 0 aliphatic carbocycles. The maximum absolute atomic E-state index is 12.6. The molecule has 0 fully saturated rings. The van der Waals surface area contributed by atoms with Crippen molar-refractivity contribution in [3.05, 3.63) is 0 Å². The molecule has 0 bridgehead atoms. The highest BCUT2D eigenvalue weighted by Gasteiger charge is 2.30. The largest absolute Gasteiger partial charge is 0.480 e. The maximum atomic E-state index is 12.6. The minimum atomic E-state index is -1.09. The van der Waals surface area contributed by atoms with E-state index >= 15 is 0 Å². The van der Waals surface area contributed by atoms with Crippen LogP contribution in [-0.4, -0.2) is 47.6 Å². The molecule has 0 aliphatic rings. The Kier molecular flexibility index (Phi) is 11.8. The van der Waals surface area contributed by atoms with E-state index in [1.165, 1.54) is 0 Å². The summed E-state index contributed by atoms with van der Waals surface area (Å²) in [5.74, 6) is -2.23. The summed E-state index contributed by atoms with van der Waals surface area (Å²) in [6, 6.07) is -2.53. The van der Waals surface area contributed by atoms with Gasteiger partial charge in [-0.1, -0.05) is 40.5 Å². The molecule has 5 atom stereocenters. The minimum absolute atomic E-state index is 0.0189. The summed E-state index contributed by atoms with van der Waals surface area (Å²) in [7, 11) is 0. The van der Waals surface area contributed by atoms with Crippen molar-refractivity contribution in [2.24, 2.45) is 23.3 Å². The number of amides is 2. The molecule has 0 heterocycles. The highest BCUT2D eigenvalue weighted by molar-refractivity contribution is 5.91. The van der Waals surface area contributed by atoms with E-state index in [4.69, 9.17) is 11.5 Å². The first-order valence-corrected chi connectivity index (χ1v) is 9.48. The number of carbonyl (C=O) groups is 3. The lowest BCUT2D eigenvalue weighted by molar-refractivity contribution is -0.143. The van der Waals surface area contributed by atoms with E-state index in [9.17, 15) is 19.5 Å². The summed E-state index contributed by atoms with van der Waals surface area (Å²) >= 11 is 0.